The predicted octanol–water partition coefficient (Wildman–Crippen LogP) is 3.52. The van der Waals surface area contributed by atoms with Gasteiger partial charge in [-0.15, -0.1) is 0 Å². The highest BCUT2D eigenvalue weighted by Gasteiger charge is 2.39. The highest BCUT2D eigenvalue weighted by atomic mass is 19.1. The first kappa shape index (κ1) is 17.4. The number of hydrogen-bond donors (Lipinski definition) is 3. The van der Waals surface area contributed by atoms with Gasteiger partial charge in [-0.25, -0.2) is 14.2 Å². The molecule has 2 heterocycles. The van der Waals surface area contributed by atoms with Gasteiger partial charge in [0.1, 0.15) is 11.9 Å². The number of rotatable bonds is 4. The number of carbonyl (C=O) groups is 1. The Balaban J connectivity index is 2.01. The summed E-state index contributed by atoms with van der Waals surface area (Å²) in [6, 6.07) is 11.5. The minimum absolute atomic E-state index is 0.152. The Hall–Kier alpha value is -2.99. The van der Waals surface area contributed by atoms with Gasteiger partial charge in [-0.1, -0.05) is 31.2 Å². The molecule has 4 N–H and O–H groups in total. The number of fused-ring (bicyclic) bond motifs is 3. The Morgan fingerprint density at radius 2 is 2.00 bits per heavy atom. The van der Waals surface area contributed by atoms with Crippen molar-refractivity contribution in [2.24, 2.45) is 5.73 Å². The van der Waals surface area contributed by atoms with Gasteiger partial charge in [0.25, 0.3) is 0 Å². The molecule has 0 saturated carbocycles. The zero-order chi connectivity index (χ0) is 19.1. The summed E-state index contributed by atoms with van der Waals surface area (Å²) in [6.45, 7) is 2.24. The molecule has 4 rings (SSSR count). The Bertz CT molecular complexity index is 1030. The van der Waals surface area contributed by atoms with Gasteiger partial charge in [0.2, 0.25) is 0 Å². The van der Waals surface area contributed by atoms with E-state index in [1.54, 1.807) is 6.07 Å². The topological polar surface area (TPSA) is 88.2 Å². The summed E-state index contributed by atoms with van der Waals surface area (Å²) >= 11 is 0. The van der Waals surface area contributed by atoms with Gasteiger partial charge in [-0.05, 0) is 30.2 Å². The van der Waals surface area contributed by atoms with Crippen molar-refractivity contribution in [2.45, 2.75) is 25.3 Å². The number of aryl methyl sites for hydroxylation is 1. The Morgan fingerprint density at radius 1 is 1.26 bits per heavy atom. The van der Waals surface area contributed by atoms with Crippen LogP contribution < -0.4 is 11.1 Å². The smallest absolute Gasteiger partial charge is 0.326 e. The number of anilines is 1. The maximum absolute atomic E-state index is 13.9. The van der Waals surface area contributed by atoms with Crippen LogP contribution in [0.25, 0.3) is 22.2 Å². The number of nitrogens with zero attached hydrogens (tertiary/aromatic N) is 1. The van der Waals surface area contributed by atoms with Gasteiger partial charge in [-0.3, -0.25) is 0 Å². The minimum atomic E-state index is -0.988. The van der Waals surface area contributed by atoms with Crippen LogP contribution in [0.15, 0.2) is 42.5 Å². The van der Waals surface area contributed by atoms with Crippen molar-refractivity contribution < 1.29 is 14.3 Å². The Morgan fingerprint density at radius 3 is 2.63 bits per heavy atom. The molecule has 2 aromatic carbocycles. The summed E-state index contributed by atoms with van der Waals surface area (Å²) in [5, 5.41) is 13.3. The lowest BCUT2D eigenvalue weighted by Gasteiger charge is -2.16. The molecule has 0 fully saturated rings. The average Bonchev–Trinajstić information content (AvgIpc) is 3.08. The number of pyridine rings is 1. The van der Waals surface area contributed by atoms with Gasteiger partial charge in [0.05, 0.1) is 16.9 Å². The molecule has 0 spiro atoms. The second kappa shape index (κ2) is 6.63. The third-order valence-electron chi connectivity index (χ3n) is 5.21. The maximum atomic E-state index is 13.9. The minimum Gasteiger partial charge on any atom is -0.480 e. The van der Waals surface area contributed by atoms with Crippen molar-refractivity contribution in [1.82, 2.24) is 4.98 Å². The number of hydrogen-bond acceptors (Lipinski definition) is 4. The van der Waals surface area contributed by atoms with E-state index in [-0.39, 0.29) is 6.54 Å². The molecule has 0 amide bonds. The summed E-state index contributed by atoms with van der Waals surface area (Å²) < 4.78 is 13.9. The molecule has 3 aromatic rings. The summed E-state index contributed by atoms with van der Waals surface area (Å²) in [6.07, 6.45) is 0.927. The van der Waals surface area contributed by atoms with E-state index < -0.39 is 23.7 Å². The number of benzene rings is 2. The largest absolute Gasteiger partial charge is 0.480 e. The second-order valence-corrected chi connectivity index (χ2v) is 6.76. The van der Waals surface area contributed by atoms with E-state index >= 15 is 0 Å². The zero-order valence-corrected chi connectivity index (χ0v) is 14.9. The molecular formula is C21H20FN3O2. The SMILES string of the molecule is CCc1ccc(-c2nc3ccc(F)cc3c3c2C(CN)C(C(=O)O)N3)cc1. The van der Waals surface area contributed by atoms with Crippen molar-refractivity contribution in [3.05, 3.63) is 59.4 Å². The summed E-state index contributed by atoms with van der Waals surface area (Å²) in [5.41, 5.74) is 10.7. The van der Waals surface area contributed by atoms with Crippen LogP contribution in [-0.2, 0) is 11.2 Å². The molecule has 1 aliphatic rings. The first-order valence-corrected chi connectivity index (χ1v) is 8.95. The molecule has 6 heteroatoms. The van der Waals surface area contributed by atoms with Crippen LogP contribution >= 0.6 is 0 Å². The van der Waals surface area contributed by atoms with E-state index in [0.717, 1.165) is 17.5 Å². The van der Waals surface area contributed by atoms with Crippen molar-refractivity contribution in [1.29, 1.82) is 0 Å². The average molecular weight is 365 g/mol. The fraction of sp³-hybridized carbons (Fsp3) is 0.238. The lowest BCUT2D eigenvalue weighted by molar-refractivity contribution is -0.138. The number of carboxylic acid groups (broad SMARTS) is 1. The van der Waals surface area contributed by atoms with E-state index in [1.165, 1.54) is 17.7 Å². The molecule has 0 aliphatic carbocycles. The van der Waals surface area contributed by atoms with E-state index in [2.05, 4.69) is 12.2 Å². The molecule has 5 nitrogen and oxygen atoms in total. The van der Waals surface area contributed by atoms with Crippen LogP contribution in [0.3, 0.4) is 0 Å². The fourth-order valence-electron chi connectivity index (χ4n) is 3.80. The first-order chi connectivity index (χ1) is 13.0. The molecule has 2 atom stereocenters. The molecule has 138 valence electrons. The van der Waals surface area contributed by atoms with Crippen LogP contribution in [-0.4, -0.2) is 28.6 Å². The maximum Gasteiger partial charge on any atom is 0.326 e. The summed E-state index contributed by atoms with van der Waals surface area (Å²) in [4.78, 5) is 16.5. The monoisotopic (exact) mass is 365 g/mol. The number of carboxylic acids is 1. The van der Waals surface area contributed by atoms with Gasteiger partial charge in [-0.2, -0.15) is 0 Å². The van der Waals surface area contributed by atoms with Crippen molar-refractivity contribution >= 4 is 22.6 Å². The third-order valence-corrected chi connectivity index (χ3v) is 5.21. The summed E-state index contributed by atoms with van der Waals surface area (Å²) in [7, 11) is 0. The van der Waals surface area contributed by atoms with Gasteiger partial charge in [0, 0.05) is 29.0 Å². The highest BCUT2D eigenvalue weighted by Crippen LogP contribution is 2.45. The lowest BCUT2D eigenvalue weighted by atomic mass is 9.90. The summed E-state index contributed by atoms with van der Waals surface area (Å²) in [5.74, 6) is -1.83. The van der Waals surface area contributed by atoms with E-state index in [9.17, 15) is 14.3 Å². The van der Waals surface area contributed by atoms with E-state index in [4.69, 9.17) is 10.7 Å². The van der Waals surface area contributed by atoms with Crippen LogP contribution in [0.5, 0.6) is 0 Å². The van der Waals surface area contributed by atoms with Crippen molar-refractivity contribution in [3.63, 3.8) is 0 Å². The standard InChI is InChI=1S/C21H20FN3O2/c1-2-11-3-5-12(6-4-11)18-17-15(10-23)20(21(26)27)25-19(17)14-9-13(22)7-8-16(14)24-18/h3-9,15,20,25H,2,10,23H2,1H3,(H,26,27). The number of aliphatic carboxylic acids is 1. The number of nitrogens with one attached hydrogen (secondary N) is 1. The first-order valence-electron chi connectivity index (χ1n) is 8.95. The fourth-order valence-corrected chi connectivity index (χ4v) is 3.80. The van der Waals surface area contributed by atoms with Crippen LogP contribution in [0.2, 0.25) is 0 Å². The van der Waals surface area contributed by atoms with E-state index in [0.29, 0.717) is 22.3 Å². The quantitative estimate of drug-likeness (QED) is 0.658. The third kappa shape index (κ3) is 2.82. The molecule has 1 aromatic heterocycles. The molecule has 1 aliphatic heterocycles. The molecule has 27 heavy (non-hydrogen) atoms. The second-order valence-electron chi connectivity index (χ2n) is 6.76. The predicted molar refractivity (Wildman–Crippen MR) is 103 cm³/mol. The zero-order valence-electron chi connectivity index (χ0n) is 14.9. The Kier molecular flexibility index (Phi) is 4.28. The molecule has 0 bridgehead atoms. The molecule has 0 radical (unpaired) electrons. The molecule has 2 unspecified atom stereocenters. The molecular weight excluding hydrogens is 345 g/mol. The van der Waals surface area contributed by atoms with Crippen LogP contribution in [0.4, 0.5) is 10.1 Å². The van der Waals surface area contributed by atoms with Gasteiger partial charge in [0.15, 0.2) is 0 Å². The number of nitrogens with two attached hydrogens (primary N) is 1. The molecule has 0 saturated heterocycles. The van der Waals surface area contributed by atoms with Crippen molar-refractivity contribution in [3.8, 4) is 11.3 Å². The normalized spacial score (nSPS) is 18.3. The van der Waals surface area contributed by atoms with Crippen molar-refractivity contribution in [2.75, 3.05) is 11.9 Å². The highest BCUT2D eigenvalue weighted by molar-refractivity contribution is 6.01. The Labute approximate surface area is 156 Å². The number of aromatic nitrogens is 1. The van der Waals surface area contributed by atoms with Crippen LogP contribution in [0.1, 0.15) is 24.0 Å². The van der Waals surface area contributed by atoms with Gasteiger partial charge < -0.3 is 16.2 Å². The van der Waals surface area contributed by atoms with Crippen LogP contribution in [0, 0.1) is 5.82 Å². The van der Waals surface area contributed by atoms with E-state index in [1.807, 2.05) is 24.3 Å². The number of halogens is 1. The van der Waals surface area contributed by atoms with Gasteiger partial charge >= 0.3 is 5.97 Å². The lowest BCUT2D eigenvalue weighted by Crippen LogP contribution is -2.34.